The van der Waals surface area contributed by atoms with Gasteiger partial charge in [-0.15, -0.1) is 0 Å². The van der Waals surface area contributed by atoms with Gasteiger partial charge in [0.25, 0.3) is 0 Å². The second-order valence-corrected chi connectivity index (χ2v) is 7.04. The highest BCUT2D eigenvalue weighted by Gasteiger charge is 2.34. The van der Waals surface area contributed by atoms with Crippen LogP contribution in [0.2, 0.25) is 0 Å². The lowest BCUT2D eigenvalue weighted by molar-refractivity contribution is -0.126. The zero-order chi connectivity index (χ0) is 17.8. The van der Waals surface area contributed by atoms with Crippen molar-refractivity contribution in [1.82, 2.24) is 5.32 Å². The Kier molecular flexibility index (Phi) is 5.68. The number of anilines is 1. The number of amides is 1. The van der Waals surface area contributed by atoms with Crippen LogP contribution in [-0.2, 0) is 4.79 Å². The zero-order valence-electron chi connectivity index (χ0n) is 15.2. The number of hydrogen-bond donors (Lipinski definition) is 2. The molecule has 2 aliphatic rings. The van der Waals surface area contributed by atoms with Crippen LogP contribution in [0.15, 0.2) is 18.2 Å². The van der Waals surface area contributed by atoms with E-state index in [0.29, 0.717) is 12.5 Å². The lowest BCUT2D eigenvalue weighted by atomic mass is 9.95. The minimum absolute atomic E-state index is 0.0935. The summed E-state index contributed by atoms with van der Waals surface area (Å²) in [7, 11) is 3.31. The Bertz CT molecular complexity index is 585. The van der Waals surface area contributed by atoms with Crippen molar-refractivity contribution >= 4 is 11.6 Å². The topological polar surface area (TPSA) is 76.8 Å². The molecule has 138 valence electrons. The van der Waals surface area contributed by atoms with E-state index in [4.69, 9.17) is 15.2 Å². The predicted octanol–water partition coefficient (Wildman–Crippen LogP) is 1.77. The van der Waals surface area contributed by atoms with Gasteiger partial charge in [-0.2, -0.15) is 0 Å². The number of carbonyl (C=O) groups excluding carboxylic acids is 1. The molecule has 0 bridgehead atoms. The largest absolute Gasteiger partial charge is 0.497 e. The van der Waals surface area contributed by atoms with E-state index in [1.165, 1.54) is 0 Å². The van der Waals surface area contributed by atoms with Crippen LogP contribution in [-0.4, -0.2) is 45.8 Å². The first-order chi connectivity index (χ1) is 12.1. The molecule has 6 heteroatoms. The fourth-order valence-electron chi connectivity index (χ4n) is 4.06. The summed E-state index contributed by atoms with van der Waals surface area (Å²) in [4.78, 5) is 14.9. The molecule has 3 N–H and O–H groups in total. The van der Waals surface area contributed by atoms with Crippen LogP contribution in [0.5, 0.6) is 11.5 Å². The molecule has 3 atom stereocenters. The maximum absolute atomic E-state index is 12.6. The van der Waals surface area contributed by atoms with Crippen LogP contribution in [0.4, 0.5) is 5.69 Å². The monoisotopic (exact) mass is 347 g/mol. The molecule has 1 aliphatic heterocycles. The lowest BCUT2D eigenvalue weighted by Gasteiger charge is -2.22. The van der Waals surface area contributed by atoms with Gasteiger partial charge < -0.3 is 25.4 Å². The highest BCUT2D eigenvalue weighted by Crippen LogP contribution is 2.32. The first-order valence-corrected chi connectivity index (χ1v) is 9.13. The third-order valence-electron chi connectivity index (χ3n) is 5.53. The number of methoxy groups -OCH3 is 2. The van der Waals surface area contributed by atoms with Crippen molar-refractivity contribution in [3.63, 3.8) is 0 Å². The van der Waals surface area contributed by atoms with Crippen LogP contribution in [0.3, 0.4) is 0 Å². The Balaban J connectivity index is 1.61. The highest BCUT2D eigenvalue weighted by atomic mass is 16.5. The fraction of sp³-hybridized carbons (Fsp3) is 0.632. The zero-order valence-corrected chi connectivity index (χ0v) is 15.2. The van der Waals surface area contributed by atoms with E-state index in [0.717, 1.165) is 56.0 Å². The number of benzene rings is 1. The maximum Gasteiger partial charge on any atom is 0.223 e. The van der Waals surface area contributed by atoms with E-state index in [2.05, 4.69) is 10.2 Å². The third-order valence-corrected chi connectivity index (χ3v) is 5.53. The molecule has 1 aliphatic carbocycles. The van der Waals surface area contributed by atoms with Crippen molar-refractivity contribution in [2.24, 2.45) is 17.6 Å². The summed E-state index contributed by atoms with van der Waals surface area (Å²) in [5.74, 6) is 2.18. The highest BCUT2D eigenvalue weighted by molar-refractivity contribution is 5.79. The summed E-state index contributed by atoms with van der Waals surface area (Å²) in [5, 5.41) is 3.24. The van der Waals surface area contributed by atoms with Gasteiger partial charge in [-0.1, -0.05) is 6.42 Å². The number of hydrogen-bond acceptors (Lipinski definition) is 5. The normalized spacial score (nSPS) is 25.9. The molecule has 25 heavy (non-hydrogen) atoms. The van der Waals surface area contributed by atoms with Gasteiger partial charge in [-0.25, -0.2) is 0 Å². The molecule has 2 fully saturated rings. The second kappa shape index (κ2) is 7.95. The number of nitrogens with zero attached hydrogens (tertiary/aromatic N) is 1. The van der Waals surface area contributed by atoms with Crippen molar-refractivity contribution in [2.45, 2.75) is 31.7 Å². The van der Waals surface area contributed by atoms with Gasteiger partial charge in [0, 0.05) is 48.9 Å². The Morgan fingerprint density at radius 1 is 1.20 bits per heavy atom. The number of carbonyl (C=O) groups is 1. The van der Waals surface area contributed by atoms with Gasteiger partial charge in [0.1, 0.15) is 11.5 Å². The van der Waals surface area contributed by atoms with Gasteiger partial charge in [-0.3, -0.25) is 4.79 Å². The van der Waals surface area contributed by atoms with Crippen LogP contribution in [0.25, 0.3) is 0 Å². The Morgan fingerprint density at radius 3 is 2.56 bits per heavy atom. The number of ether oxygens (including phenoxy) is 2. The van der Waals surface area contributed by atoms with Gasteiger partial charge in [0.2, 0.25) is 5.91 Å². The number of rotatable bonds is 6. The van der Waals surface area contributed by atoms with Crippen molar-refractivity contribution in [2.75, 3.05) is 38.8 Å². The van der Waals surface area contributed by atoms with E-state index in [-0.39, 0.29) is 17.9 Å². The average Bonchev–Trinajstić information content (AvgIpc) is 3.30. The summed E-state index contributed by atoms with van der Waals surface area (Å²) in [6.07, 6.45) is 4.11. The lowest BCUT2D eigenvalue weighted by Crippen LogP contribution is -2.42. The predicted molar refractivity (Wildman–Crippen MR) is 98.2 cm³/mol. The summed E-state index contributed by atoms with van der Waals surface area (Å²) >= 11 is 0. The summed E-state index contributed by atoms with van der Waals surface area (Å²) in [6.45, 7) is 2.33. The van der Waals surface area contributed by atoms with Gasteiger partial charge in [-0.05, 0) is 31.7 Å². The molecule has 6 nitrogen and oxygen atoms in total. The molecule has 1 saturated heterocycles. The van der Waals surface area contributed by atoms with Crippen molar-refractivity contribution in [3.8, 4) is 11.5 Å². The summed E-state index contributed by atoms with van der Waals surface area (Å²) in [5.41, 5.74) is 6.87. The summed E-state index contributed by atoms with van der Waals surface area (Å²) in [6, 6.07) is 6.07. The number of nitrogens with two attached hydrogens (primary N) is 1. The van der Waals surface area contributed by atoms with E-state index < -0.39 is 0 Å². The molecule has 1 aromatic carbocycles. The van der Waals surface area contributed by atoms with Crippen LogP contribution in [0.1, 0.15) is 25.7 Å². The van der Waals surface area contributed by atoms with E-state index in [9.17, 15) is 4.79 Å². The molecule has 0 aromatic heterocycles. The molecule has 1 saturated carbocycles. The van der Waals surface area contributed by atoms with Crippen molar-refractivity contribution in [1.29, 1.82) is 0 Å². The standard InChI is InChI=1S/C19H29N3O3/c1-24-16-8-15(9-17(10-16)25-2)22-7-6-14(12-22)21-19(23)18-5-3-4-13(18)11-20/h8-10,13-14,18H,3-7,11-12,20H2,1-2H3,(H,21,23)/t13-,14?,18-/m1/s1. The van der Waals surface area contributed by atoms with Crippen molar-refractivity contribution < 1.29 is 14.3 Å². The molecule has 1 aromatic rings. The maximum atomic E-state index is 12.6. The first kappa shape index (κ1) is 17.9. The molecule has 1 amide bonds. The molecule has 3 rings (SSSR count). The van der Waals surface area contributed by atoms with Crippen LogP contribution < -0.4 is 25.4 Å². The van der Waals surface area contributed by atoms with E-state index >= 15 is 0 Å². The summed E-state index contributed by atoms with van der Waals surface area (Å²) < 4.78 is 10.7. The fourth-order valence-corrected chi connectivity index (χ4v) is 4.06. The first-order valence-electron chi connectivity index (χ1n) is 9.13. The molecule has 0 spiro atoms. The second-order valence-electron chi connectivity index (χ2n) is 7.04. The van der Waals surface area contributed by atoms with E-state index in [1.54, 1.807) is 14.2 Å². The van der Waals surface area contributed by atoms with Gasteiger partial charge >= 0.3 is 0 Å². The van der Waals surface area contributed by atoms with Crippen LogP contribution in [0, 0.1) is 11.8 Å². The number of nitrogens with one attached hydrogen (secondary N) is 1. The Hall–Kier alpha value is -1.95. The molecule has 1 unspecified atom stereocenters. The van der Waals surface area contributed by atoms with Crippen LogP contribution >= 0.6 is 0 Å². The molecular formula is C19H29N3O3. The minimum Gasteiger partial charge on any atom is -0.497 e. The Labute approximate surface area is 149 Å². The minimum atomic E-state index is 0.0935. The van der Waals surface area contributed by atoms with Crippen molar-refractivity contribution in [3.05, 3.63) is 18.2 Å². The SMILES string of the molecule is COc1cc(OC)cc(N2CCC(NC(=O)[C@@H]3CCC[C@@H]3CN)C2)c1. The van der Waals surface area contributed by atoms with Gasteiger partial charge in [0.15, 0.2) is 0 Å². The smallest absolute Gasteiger partial charge is 0.223 e. The molecule has 1 heterocycles. The third kappa shape index (κ3) is 4.00. The molecular weight excluding hydrogens is 318 g/mol. The molecule has 0 radical (unpaired) electrons. The quantitative estimate of drug-likeness (QED) is 0.820. The van der Waals surface area contributed by atoms with E-state index in [1.807, 2.05) is 18.2 Å². The Morgan fingerprint density at radius 2 is 1.92 bits per heavy atom. The van der Waals surface area contributed by atoms with Gasteiger partial charge in [0.05, 0.1) is 14.2 Å². The average molecular weight is 347 g/mol.